The second-order valence-corrected chi connectivity index (χ2v) is 6.57. The lowest BCUT2D eigenvalue weighted by Crippen LogP contribution is -2.47. The van der Waals surface area contributed by atoms with Gasteiger partial charge in [-0.2, -0.15) is 0 Å². The van der Waals surface area contributed by atoms with Gasteiger partial charge in [-0.05, 0) is 20.0 Å². The molecule has 0 saturated heterocycles. The number of fused-ring (bicyclic) bond motifs is 1. The lowest BCUT2D eigenvalue weighted by Gasteiger charge is -2.32. The van der Waals surface area contributed by atoms with Gasteiger partial charge in [0, 0.05) is 45.2 Å². The Labute approximate surface area is 122 Å². The summed E-state index contributed by atoms with van der Waals surface area (Å²) in [5, 5.41) is 3.63. The summed E-state index contributed by atoms with van der Waals surface area (Å²) in [6.07, 6.45) is 2.85. The molecule has 5 nitrogen and oxygen atoms in total. The van der Waals surface area contributed by atoms with Crippen molar-refractivity contribution in [3.8, 4) is 0 Å². The standard InChI is InChI=1S/C15H29N5/c1-12(2)9-20(6-5-19(3)4)10-13-7-14-15(8-16-13)18-11-17-14/h11-13,16H,5-10H2,1-4H3,(H,17,18). The summed E-state index contributed by atoms with van der Waals surface area (Å²) in [7, 11) is 4.28. The van der Waals surface area contributed by atoms with Crippen LogP contribution in [0.5, 0.6) is 0 Å². The largest absolute Gasteiger partial charge is 0.347 e. The summed E-state index contributed by atoms with van der Waals surface area (Å²) in [6.45, 7) is 10.0. The Balaban J connectivity index is 1.87. The molecule has 0 fully saturated rings. The minimum Gasteiger partial charge on any atom is -0.347 e. The lowest BCUT2D eigenvalue weighted by atomic mass is 10.0. The van der Waals surface area contributed by atoms with Crippen LogP contribution in [0, 0.1) is 5.92 Å². The summed E-state index contributed by atoms with van der Waals surface area (Å²) in [4.78, 5) is 12.5. The predicted molar refractivity (Wildman–Crippen MR) is 82.8 cm³/mol. The van der Waals surface area contributed by atoms with Crippen LogP contribution < -0.4 is 5.32 Å². The molecular formula is C15H29N5. The number of rotatable bonds is 7. The average molecular weight is 279 g/mol. The summed E-state index contributed by atoms with van der Waals surface area (Å²) in [6, 6.07) is 0.520. The molecule has 0 spiro atoms. The van der Waals surface area contributed by atoms with Crippen molar-refractivity contribution in [3.63, 3.8) is 0 Å². The highest BCUT2D eigenvalue weighted by Gasteiger charge is 2.22. The molecule has 0 radical (unpaired) electrons. The van der Waals surface area contributed by atoms with Gasteiger partial charge in [0.05, 0.1) is 17.7 Å². The molecule has 2 rings (SSSR count). The van der Waals surface area contributed by atoms with Crippen LogP contribution >= 0.6 is 0 Å². The Morgan fingerprint density at radius 3 is 2.85 bits per heavy atom. The summed E-state index contributed by atoms with van der Waals surface area (Å²) >= 11 is 0. The fourth-order valence-corrected chi connectivity index (χ4v) is 2.79. The van der Waals surface area contributed by atoms with E-state index in [0.717, 1.165) is 32.6 Å². The van der Waals surface area contributed by atoms with E-state index in [9.17, 15) is 0 Å². The fourth-order valence-electron chi connectivity index (χ4n) is 2.79. The van der Waals surface area contributed by atoms with Crippen LogP contribution in [0.1, 0.15) is 25.2 Å². The van der Waals surface area contributed by atoms with Crippen LogP contribution in [-0.4, -0.2) is 66.1 Å². The monoisotopic (exact) mass is 279 g/mol. The van der Waals surface area contributed by atoms with E-state index in [1.807, 2.05) is 6.33 Å². The first kappa shape index (κ1) is 15.5. The molecule has 0 aromatic carbocycles. The van der Waals surface area contributed by atoms with Crippen LogP contribution in [-0.2, 0) is 13.0 Å². The van der Waals surface area contributed by atoms with Crippen LogP contribution in [0.25, 0.3) is 0 Å². The van der Waals surface area contributed by atoms with Gasteiger partial charge in [0.2, 0.25) is 0 Å². The van der Waals surface area contributed by atoms with E-state index < -0.39 is 0 Å². The van der Waals surface area contributed by atoms with Crippen LogP contribution in [0.4, 0.5) is 0 Å². The van der Waals surface area contributed by atoms with Gasteiger partial charge in [-0.15, -0.1) is 0 Å². The average Bonchev–Trinajstić information content (AvgIpc) is 2.82. The Morgan fingerprint density at radius 2 is 2.15 bits per heavy atom. The van der Waals surface area contributed by atoms with Gasteiger partial charge in [-0.25, -0.2) is 4.98 Å². The van der Waals surface area contributed by atoms with Gasteiger partial charge in [-0.1, -0.05) is 13.8 Å². The molecule has 1 aliphatic heterocycles. The molecular weight excluding hydrogens is 250 g/mol. The molecule has 1 aromatic rings. The van der Waals surface area contributed by atoms with Gasteiger partial charge < -0.3 is 20.1 Å². The van der Waals surface area contributed by atoms with Gasteiger partial charge in [0.1, 0.15) is 0 Å². The molecule has 114 valence electrons. The van der Waals surface area contributed by atoms with Crippen molar-refractivity contribution < 1.29 is 0 Å². The minimum absolute atomic E-state index is 0.520. The van der Waals surface area contributed by atoms with Crippen LogP contribution in [0.2, 0.25) is 0 Å². The molecule has 1 atom stereocenters. The second kappa shape index (κ2) is 7.20. The number of H-pyrrole nitrogens is 1. The third-order valence-electron chi connectivity index (χ3n) is 3.78. The number of nitrogens with one attached hydrogen (secondary N) is 2. The third kappa shape index (κ3) is 4.58. The number of hydrogen-bond donors (Lipinski definition) is 2. The Morgan fingerprint density at radius 1 is 1.35 bits per heavy atom. The summed E-state index contributed by atoms with van der Waals surface area (Å²) in [5.74, 6) is 0.710. The first-order chi connectivity index (χ1) is 9.54. The van der Waals surface area contributed by atoms with Crippen molar-refractivity contribution in [2.45, 2.75) is 32.9 Å². The molecule has 20 heavy (non-hydrogen) atoms. The first-order valence-electron chi connectivity index (χ1n) is 7.66. The molecule has 1 unspecified atom stereocenters. The SMILES string of the molecule is CC(C)CN(CCN(C)C)CC1Cc2nc[nH]c2CN1. The topological polar surface area (TPSA) is 47.2 Å². The predicted octanol–water partition coefficient (Wildman–Crippen LogP) is 0.944. The van der Waals surface area contributed by atoms with Crippen molar-refractivity contribution in [1.82, 2.24) is 25.1 Å². The zero-order valence-corrected chi connectivity index (χ0v) is 13.3. The van der Waals surface area contributed by atoms with E-state index in [-0.39, 0.29) is 0 Å². The quantitative estimate of drug-likeness (QED) is 0.780. The van der Waals surface area contributed by atoms with E-state index >= 15 is 0 Å². The highest BCUT2D eigenvalue weighted by molar-refractivity contribution is 5.15. The number of likely N-dealkylation sites (N-methyl/N-ethyl adjacent to an activating group) is 1. The van der Waals surface area contributed by atoms with Crippen molar-refractivity contribution in [3.05, 3.63) is 17.7 Å². The van der Waals surface area contributed by atoms with Crippen molar-refractivity contribution in [2.75, 3.05) is 40.3 Å². The number of nitrogens with zero attached hydrogens (tertiary/aromatic N) is 3. The zero-order valence-electron chi connectivity index (χ0n) is 13.3. The highest BCUT2D eigenvalue weighted by atomic mass is 15.2. The number of aromatic amines is 1. The zero-order chi connectivity index (χ0) is 14.5. The van der Waals surface area contributed by atoms with E-state index in [1.165, 1.54) is 17.9 Å². The first-order valence-corrected chi connectivity index (χ1v) is 7.66. The Bertz CT molecular complexity index is 399. The maximum Gasteiger partial charge on any atom is 0.0925 e. The van der Waals surface area contributed by atoms with E-state index in [0.29, 0.717) is 12.0 Å². The van der Waals surface area contributed by atoms with Crippen LogP contribution in [0.15, 0.2) is 6.33 Å². The summed E-state index contributed by atoms with van der Waals surface area (Å²) in [5.41, 5.74) is 2.50. The maximum absolute atomic E-state index is 4.43. The third-order valence-corrected chi connectivity index (χ3v) is 3.78. The molecule has 0 bridgehead atoms. The van der Waals surface area contributed by atoms with Crippen molar-refractivity contribution in [2.24, 2.45) is 5.92 Å². The second-order valence-electron chi connectivity index (χ2n) is 6.57. The Kier molecular flexibility index (Phi) is 5.57. The molecule has 2 heterocycles. The van der Waals surface area contributed by atoms with Gasteiger partial charge >= 0.3 is 0 Å². The molecule has 1 aromatic heterocycles. The molecule has 2 N–H and O–H groups in total. The fraction of sp³-hybridized carbons (Fsp3) is 0.800. The van der Waals surface area contributed by atoms with Gasteiger partial charge in [0.15, 0.2) is 0 Å². The molecule has 1 aliphatic rings. The molecule has 0 saturated carbocycles. The number of hydrogen-bond acceptors (Lipinski definition) is 4. The van der Waals surface area contributed by atoms with E-state index in [1.54, 1.807) is 0 Å². The number of imidazole rings is 1. The molecule has 0 aliphatic carbocycles. The van der Waals surface area contributed by atoms with E-state index in [4.69, 9.17) is 0 Å². The van der Waals surface area contributed by atoms with Gasteiger partial charge in [0.25, 0.3) is 0 Å². The highest BCUT2D eigenvalue weighted by Crippen LogP contribution is 2.13. The summed E-state index contributed by atoms with van der Waals surface area (Å²) < 4.78 is 0. The molecule has 0 amide bonds. The van der Waals surface area contributed by atoms with Crippen molar-refractivity contribution in [1.29, 1.82) is 0 Å². The minimum atomic E-state index is 0.520. The van der Waals surface area contributed by atoms with Gasteiger partial charge in [-0.3, -0.25) is 0 Å². The lowest BCUT2D eigenvalue weighted by molar-refractivity contribution is 0.194. The maximum atomic E-state index is 4.43. The normalized spacial score (nSPS) is 19.1. The molecule has 5 heteroatoms. The van der Waals surface area contributed by atoms with Crippen LogP contribution in [0.3, 0.4) is 0 Å². The number of aromatic nitrogens is 2. The smallest absolute Gasteiger partial charge is 0.0925 e. The van der Waals surface area contributed by atoms with E-state index in [2.05, 4.69) is 53.0 Å². The Hall–Kier alpha value is -0.910. The van der Waals surface area contributed by atoms with Crippen molar-refractivity contribution >= 4 is 0 Å².